The van der Waals surface area contributed by atoms with E-state index in [9.17, 15) is 0 Å². The van der Waals surface area contributed by atoms with Gasteiger partial charge in [-0.25, -0.2) is 0 Å². The topological polar surface area (TPSA) is 47.6 Å². The number of nitrogens with two attached hydrogens (primary N) is 1. The van der Waals surface area contributed by atoms with Gasteiger partial charge < -0.3 is 10.6 Å². The maximum atomic E-state index is 5.81. The molecule has 3 aromatic carbocycles. The number of hydrazone groups is 1. The molecule has 3 heteroatoms. The zero-order valence-corrected chi connectivity index (χ0v) is 12.7. The number of hydrogen-bond acceptors (Lipinski definition) is 3. The predicted molar refractivity (Wildman–Crippen MR) is 94.4 cm³/mol. The van der Waals surface area contributed by atoms with Gasteiger partial charge in [0.15, 0.2) is 0 Å². The lowest BCUT2D eigenvalue weighted by Crippen LogP contribution is -1.95. The number of nitrogens with zero attached hydrogens (tertiary/aromatic N) is 1. The van der Waals surface area contributed by atoms with Crippen LogP contribution >= 0.6 is 0 Å². The maximum absolute atomic E-state index is 5.81. The molecule has 0 spiro atoms. The van der Waals surface area contributed by atoms with Gasteiger partial charge in [0.2, 0.25) is 0 Å². The van der Waals surface area contributed by atoms with Gasteiger partial charge in [0.25, 0.3) is 0 Å². The molecule has 0 saturated carbocycles. The van der Waals surface area contributed by atoms with Crippen molar-refractivity contribution in [2.45, 2.75) is 6.61 Å². The summed E-state index contributed by atoms with van der Waals surface area (Å²) in [4.78, 5) is 0. The van der Waals surface area contributed by atoms with Gasteiger partial charge in [-0.15, -0.1) is 0 Å². The molecule has 3 aromatic rings. The van der Waals surface area contributed by atoms with Crippen molar-refractivity contribution in [3.63, 3.8) is 0 Å². The monoisotopic (exact) mass is 302 g/mol. The molecule has 3 rings (SSSR count). The van der Waals surface area contributed by atoms with E-state index in [2.05, 4.69) is 23.3 Å². The molecule has 114 valence electrons. The van der Waals surface area contributed by atoms with Crippen LogP contribution in [0.15, 0.2) is 84.0 Å². The molecule has 3 nitrogen and oxygen atoms in total. The van der Waals surface area contributed by atoms with E-state index in [1.54, 1.807) is 6.21 Å². The van der Waals surface area contributed by atoms with E-state index in [0.717, 1.165) is 28.0 Å². The third-order valence-electron chi connectivity index (χ3n) is 3.59. The molecular formula is C20H18N2O. The van der Waals surface area contributed by atoms with Crippen LogP contribution in [0.3, 0.4) is 0 Å². The Kier molecular flexibility index (Phi) is 4.69. The predicted octanol–water partition coefficient (Wildman–Crippen LogP) is 4.23. The SMILES string of the molecule is NN=Cc1ccccc1-c1ccc(OCc2ccccc2)cc1. The second kappa shape index (κ2) is 7.27. The van der Waals surface area contributed by atoms with Crippen molar-refractivity contribution >= 4 is 6.21 Å². The molecule has 0 heterocycles. The van der Waals surface area contributed by atoms with Crippen LogP contribution in [0, 0.1) is 0 Å². The summed E-state index contributed by atoms with van der Waals surface area (Å²) in [6.45, 7) is 0.566. The lowest BCUT2D eigenvalue weighted by molar-refractivity contribution is 0.306. The first-order chi connectivity index (χ1) is 11.4. The summed E-state index contributed by atoms with van der Waals surface area (Å²) < 4.78 is 5.81. The molecule has 0 radical (unpaired) electrons. The van der Waals surface area contributed by atoms with Crippen molar-refractivity contribution in [2.24, 2.45) is 10.9 Å². The van der Waals surface area contributed by atoms with Crippen LogP contribution in [0.2, 0.25) is 0 Å². The van der Waals surface area contributed by atoms with Crippen LogP contribution in [0.4, 0.5) is 0 Å². The lowest BCUT2D eigenvalue weighted by atomic mass is 10.0. The van der Waals surface area contributed by atoms with Crippen molar-refractivity contribution in [3.05, 3.63) is 90.0 Å². The van der Waals surface area contributed by atoms with Crippen LogP contribution in [-0.4, -0.2) is 6.21 Å². The second-order valence-corrected chi connectivity index (χ2v) is 5.16. The largest absolute Gasteiger partial charge is 0.489 e. The Hall–Kier alpha value is -3.07. The van der Waals surface area contributed by atoms with Gasteiger partial charge in [-0.1, -0.05) is 66.7 Å². The van der Waals surface area contributed by atoms with Crippen molar-refractivity contribution in [1.82, 2.24) is 0 Å². The van der Waals surface area contributed by atoms with Gasteiger partial charge in [0.05, 0.1) is 6.21 Å². The third-order valence-corrected chi connectivity index (χ3v) is 3.59. The molecule has 0 bridgehead atoms. The molecule has 0 aliphatic rings. The van der Waals surface area contributed by atoms with Gasteiger partial charge in [-0.3, -0.25) is 0 Å². The minimum Gasteiger partial charge on any atom is -0.489 e. The van der Waals surface area contributed by atoms with Crippen molar-refractivity contribution in [2.75, 3.05) is 0 Å². The Balaban J connectivity index is 1.75. The average Bonchev–Trinajstić information content (AvgIpc) is 2.62. The lowest BCUT2D eigenvalue weighted by Gasteiger charge is -2.09. The first-order valence-corrected chi connectivity index (χ1v) is 7.46. The Bertz CT molecular complexity index is 780. The Labute approximate surface area is 136 Å². The highest BCUT2D eigenvalue weighted by molar-refractivity contribution is 5.90. The molecule has 0 saturated heterocycles. The normalized spacial score (nSPS) is 10.8. The van der Waals surface area contributed by atoms with E-state index in [1.807, 2.05) is 60.7 Å². The van der Waals surface area contributed by atoms with Crippen molar-refractivity contribution < 1.29 is 4.74 Å². The highest BCUT2D eigenvalue weighted by Gasteiger charge is 2.03. The molecule has 0 fully saturated rings. The van der Waals surface area contributed by atoms with E-state index in [-0.39, 0.29) is 0 Å². The molecule has 23 heavy (non-hydrogen) atoms. The highest BCUT2D eigenvalue weighted by atomic mass is 16.5. The molecule has 0 aliphatic heterocycles. The van der Waals surface area contributed by atoms with Gasteiger partial charge in [0.1, 0.15) is 12.4 Å². The van der Waals surface area contributed by atoms with Gasteiger partial charge in [0, 0.05) is 5.56 Å². The van der Waals surface area contributed by atoms with E-state index in [0.29, 0.717) is 6.61 Å². The smallest absolute Gasteiger partial charge is 0.119 e. The van der Waals surface area contributed by atoms with Crippen LogP contribution < -0.4 is 10.6 Å². The fraction of sp³-hybridized carbons (Fsp3) is 0.0500. The molecular weight excluding hydrogens is 284 g/mol. The quantitative estimate of drug-likeness (QED) is 0.435. The Morgan fingerprint density at radius 1 is 0.826 bits per heavy atom. The van der Waals surface area contributed by atoms with Crippen LogP contribution in [0.5, 0.6) is 5.75 Å². The van der Waals surface area contributed by atoms with Crippen LogP contribution in [-0.2, 0) is 6.61 Å². The third kappa shape index (κ3) is 3.77. The summed E-state index contributed by atoms with van der Waals surface area (Å²) in [7, 11) is 0. The first kappa shape index (κ1) is 14.9. The minimum atomic E-state index is 0.566. The first-order valence-electron chi connectivity index (χ1n) is 7.46. The van der Waals surface area contributed by atoms with Gasteiger partial charge in [-0.05, 0) is 28.8 Å². The maximum Gasteiger partial charge on any atom is 0.119 e. The number of rotatable bonds is 5. The number of ether oxygens (including phenoxy) is 1. The molecule has 2 N–H and O–H groups in total. The van der Waals surface area contributed by atoms with Gasteiger partial charge >= 0.3 is 0 Å². The fourth-order valence-corrected chi connectivity index (χ4v) is 2.42. The zero-order chi connectivity index (χ0) is 15.9. The molecule has 0 unspecified atom stereocenters. The summed E-state index contributed by atoms with van der Waals surface area (Å²) in [5.74, 6) is 6.13. The number of benzene rings is 3. The molecule has 0 atom stereocenters. The van der Waals surface area contributed by atoms with E-state index in [4.69, 9.17) is 10.6 Å². The fourth-order valence-electron chi connectivity index (χ4n) is 2.42. The summed E-state index contributed by atoms with van der Waals surface area (Å²) in [6, 6.07) is 26.2. The minimum absolute atomic E-state index is 0.566. The number of hydrogen-bond donors (Lipinski definition) is 1. The molecule has 0 aliphatic carbocycles. The average molecular weight is 302 g/mol. The molecule has 0 amide bonds. The van der Waals surface area contributed by atoms with Gasteiger partial charge in [-0.2, -0.15) is 5.10 Å². The second-order valence-electron chi connectivity index (χ2n) is 5.16. The zero-order valence-electron chi connectivity index (χ0n) is 12.7. The van der Waals surface area contributed by atoms with E-state index in [1.165, 1.54) is 0 Å². The Morgan fingerprint density at radius 3 is 2.26 bits per heavy atom. The summed E-state index contributed by atoms with van der Waals surface area (Å²) in [5, 5.41) is 3.62. The summed E-state index contributed by atoms with van der Waals surface area (Å²) in [5.41, 5.74) is 4.35. The van der Waals surface area contributed by atoms with Crippen LogP contribution in [0.1, 0.15) is 11.1 Å². The van der Waals surface area contributed by atoms with Crippen LogP contribution in [0.25, 0.3) is 11.1 Å². The van der Waals surface area contributed by atoms with Crippen molar-refractivity contribution in [3.8, 4) is 16.9 Å². The van der Waals surface area contributed by atoms with E-state index >= 15 is 0 Å². The summed E-state index contributed by atoms with van der Waals surface area (Å²) >= 11 is 0. The van der Waals surface area contributed by atoms with Crippen molar-refractivity contribution in [1.29, 1.82) is 0 Å². The summed E-state index contributed by atoms with van der Waals surface area (Å²) in [6.07, 6.45) is 1.66. The Morgan fingerprint density at radius 2 is 1.52 bits per heavy atom. The molecule has 0 aromatic heterocycles. The standard InChI is InChI=1S/C20H18N2O/c21-22-14-18-8-4-5-9-20(18)17-10-12-19(13-11-17)23-15-16-6-2-1-3-7-16/h1-14H,15,21H2. The highest BCUT2D eigenvalue weighted by Crippen LogP contribution is 2.25. The van der Waals surface area contributed by atoms with E-state index < -0.39 is 0 Å².